The predicted molar refractivity (Wildman–Crippen MR) is 111 cm³/mol. The molecule has 0 spiro atoms. The number of carbonyl (C=O) groups excluding carboxylic acids is 1. The Morgan fingerprint density at radius 1 is 1.18 bits per heavy atom. The van der Waals surface area contributed by atoms with Crippen LogP contribution >= 0.6 is 11.3 Å². The van der Waals surface area contributed by atoms with E-state index in [9.17, 15) is 4.79 Å². The van der Waals surface area contributed by atoms with Crippen LogP contribution in [-0.2, 0) is 0 Å². The summed E-state index contributed by atoms with van der Waals surface area (Å²) in [6.45, 7) is 9.11. The number of fused-ring (bicyclic) bond motifs is 1. The number of aryl methyl sites for hydroxylation is 2. The Morgan fingerprint density at radius 2 is 1.93 bits per heavy atom. The van der Waals surface area contributed by atoms with Crippen molar-refractivity contribution in [1.82, 2.24) is 24.8 Å². The van der Waals surface area contributed by atoms with Crippen molar-refractivity contribution in [3.8, 4) is 0 Å². The van der Waals surface area contributed by atoms with Crippen molar-refractivity contribution in [2.45, 2.75) is 26.8 Å². The molecule has 4 heterocycles. The molecule has 1 amide bonds. The van der Waals surface area contributed by atoms with Crippen LogP contribution in [0.2, 0.25) is 0 Å². The zero-order chi connectivity index (χ0) is 19.8. The molecule has 0 aromatic carbocycles. The SMILES string of the molecule is Cc1sc2nc(C(C)N3CCN(C(=O)c4ccccn4)CC3)nc(N)c2c1C. The van der Waals surface area contributed by atoms with Gasteiger partial charge in [-0.05, 0) is 38.5 Å². The third-order valence-electron chi connectivity index (χ3n) is 5.48. The average Bonchev–Trinajstić information content (AvgIpc) is 3.01. The number of rotatable bonds is 3. The van der Waals surface area contributed by atoms with Crippen molar-refractivity contribution in [3.05, 3.63) is 46.4 Å². The number of anilines is 1. The normalized spacial score (nSPS) is 16.5. The molecule has 0 radical (unpaired) electrons. The van der Waals surface area contributed by atoms with Crippen molar-refractivity contribution < 1.29 is 4.79 Å². The van der Waals surface area contributed by atoms with Crippen LogP contribution in [0.4, 0.5) is 5.82 Å². The lowest BCUT2D eigenvalue weighted by Gasteiger charge is -2.37. The molecule has 4 rings (SSSR count). The molecule has 7 nitrogen and oxygen atoms in total. The Bertz CT molecular complexity index is 1010. The molecule has 1 saturated heterocycles. The molecule has 1 aliphatic heterocycles. The van der Waals surface area contributed by atoms with Gasteiger partial charge in [-0.2, -0.15) is 0 Å². The first-order chi connectivity index (χ1) is 13.5. The molecular weight excluding hydrogens is 372 g/mol. The highest BCUT2D eigenvalue weighted by molar-refractivity contribution is 7.18. The second-order valence-electron chi connectivity index (χ2n) is 7.15. The van der Waals surface area contributed by atoms with Gasteiger partial charge >= 0.3 is 0 Å². The molecule has 1 atom stereocenters. The minimum atomic E-state index is -0.0145. The summed E-state index contributed by atoms with van der Waals surface area (Å²) in [5, 5.41) is 0.976. The van der Waals surface area contributed by atoms with E-state index >= 15 is 0 Å². The van der Waals surface area contributed by atoms with Gasteiger partial charge < -0.3 is 10.6 Å². The first-order valence-electron chi connectivity index (χ1n) is 9.43. The Morgan fingerprint density at radius 3 is 2.61 bits per heavy atom. The van der Waals surface area contributed by atoms with Crippen molar-refractivity contribution in [2.24, 2.45) is 0 Å². The molecule has 1 aliphatic rings. The smallest absolute Gasteiger partial charge is 0.272 e. The third kappa shape index (κ3) is 3.33. The second kappa shape index (κ2) is 7.44. The minimum Gasteiger partial charge on any atom is -0.383 e. The van der Waals surface area contributed by atoms with Crippen molar-refractivity contribution in [1.29, 1.82) is 0 Å². The van der Waals surface area contributed by atoms with Gasteiger partial charge in [0.15, 0.2) is 0 Å². The van der Waals surface area contributed by atoms with Gasteiger partial charge in [-0.15, -0.1) is 11.3 Å². The third-order valence-corrected chi connectivity index (χ3v) is 6.58. The van der Waals surface area contributed by atoms with E-state index in [0.29, 0.717) is 24.6 Å². The Labute approximate surface area is 168 Å². The Balaban J connectivity index is 1.48. The minimum absolute atomic E-state index is 0.0145. The Hall–Kier alpha value is -2.58. The van der Waals surface area contributed by atoms with Crippen LogP contribution in [0, 0.1) is 13.8 Å². The summed E-state index contributed by atoms with van der Waals surface area (Å²) in [7, 11) is 0. The van der Waals surface area contributed by atoms with Crippen molar-refractivity contribution >= 4 is 33.3 Å². The van der Waals surface area contributed by atoms with Crippen LogP contribution in [0.3, 0.4) is 0 Å². The summed E-state index contributed by atoms with van der Waals surface area (Å²) in [5.41, 5.74) is 7.90. The number of nitrogens with two attached hydrogens (primary N) is 1. The summed E-state index contributed by atoms with van der Waals surface area (Å²) in [4.78, 5) is 32.5. The van der Waals surface area contributed by atoms with Crippen LogP contribution in [0.5, 0.6) is 0 Å². The number of piperazine rings is 1. The van der Waals surface area contributed by atoms with E-state index in [2.05, 4.69) is 35.6 Å². The molecule has 2 N–H and O–H groups in total. The molecule has 0 bridgehead atoms. The topological polar surface area (TPSA) is 88.2 Å². The molecule has 0 saturated carbocycles. The summed E-state index contributed by atoms with van der Waals surface area (Å²) >= 11 is 1.66. The number of carbonyl (C=O) groups is 1. The number of nitrogen functional groups attached to an aromatic ring is 1. The van der Waals surface area contributed by atoms with E-state index in [1.165, 1.54) is 10.4 Å². The maximum absolute atomic E-state index is 12.6. The molecule has 8 heteroatoms. The maximum atomic E-state index is 12.6. The lowest BCUT2D eigenvalue weighted by Crippen LogP contribution is -2.49. The standard InChI is InChI=1S/C20H24N6OS/c1-12-14(3)28-19-16(12)17(21)23-18(24-19)13(2)25-8-10-26(11-9-25)20(27)15-6-4-5-7-22-15/h4-7,13H,8-11H2,1-3H3,(H2,21,23,24). The van der Waals surface area contributed by atoms with E-state index in [0.717, 1.165) is 29.1 Å². The van der Waals surface area contributed by atoms with E-state index in [-0.39, 0.29) is 11.9 Å². The number of amides is 1. The lowest BCUT2D eigenvalue weighted by atomic mass is 10.2. The van der Waals surface area contributed by atoms with Crippen LogP contribution in [0.25, 0.3) is 10.2 Å². The maximum Gasteiger partial charge on any atom is 0.272 e. The van der Waals surface area contributed by atoms with Gasteiger partial charge in [0.25, 0.3) is 5.91 Å². The highest BCUT2D eigenvalue weighted by Crippen LogP contribution is 2.33. The predicted octanol–water partition coefficient (Wildman–Crippen LogP) is 2.80. The first kappa shape index (κ1) is 18.8. The molecule has 1 fully saturated rings. The summed E-state index contributed by atoms with van der Waals surface area (Å²) in [6, 6.07) is 5.45. The molecule has 146 valence electrons. The average molecular weight is 397 g/mol. The van der Waals surface area contributed by atoms with Crippen LogP contribution in [0.1, 0.15) is 39.7 Å². The van der Waals surface area contributed by atoms with E-state index in [4.69, 9.17) is 10.7 Å². The highest BCUT2D eigenvalue weighted by atomic mass is 32.1. The highest BCUT2D eigenvalue weighted by Gasteiger charge is 2.27. The molecule has 28 heavy (non-hydrogen) atoms. The number of nitrogens with zero attached hydrogens (tertiary/aromatic N) is 5. The van der Waals surface area contributed by atoms with Crippen molar-refractivity contribution in [3.63, 3.8) is 0 Å². The number of thiophene rings is 1. The van der Waals surface area contributed by atoms with Gasteiger partial charge in [-0.3, -0.25) is 14.7 Å². The monoisotopic (exact) mass is 396 g/mol. The van der Waals surface area contributed by atoms with Crippen LogP contribution in [-0.4, -0.2) is 56.8 Å². The fraction of sp³-hybridized carbons (Fsp3) is 0.400. The summed E-state index contributed by atoms with van der Waals surface area (Å²) < 4.78 is 0. The lowest BCUT2D eigenvalue weighted by molar-refractivity contribution is 0.0570. The largest absolute Gasteiger partial charge is 0.383 e. The van der Waals surface area contributed by atoms with Gasteiger partial charge in [0, 0.05) is 37.3 Å². The molecular formula is C20H24N6OS. The molecule has 0 aliphatic carbocycles. The first-order valence-corrected chi connectivity index (χ1v) is 10.2. The van der Waals surface area contributed by atoms with Crippen molar-refractivity contribution in [2.75, 3.05) is 31.9 Å². The zero-order valence-electron chi connectivity index (χ0n) is 16.3. The number of hydrogen-bond acceptors (Lipinski definition) is 7. The fourth-order valence-electron chi connectivity index (χ4n) is 3.61. The van der Waals surface area contributed by atoms with Gasteiger partial charge in [-0.1, -0.05) is 6.07 Å². The molecule has 3 aromatic heterocycles. The molecule has 1 unspecified atom stereocenters. The van der Waals surface area contributed by atoms with Crippen LogP contribution < -0.4 is 5.73 Å². The van der Waals surface area contributed by atoms with Gasteiger partial charge in [0.05, 0.1) is 11.4 Å². The van der Waals surface area contributed by atoms with E-state index in [1.807, 2.05) is 17.0 Å². The number of hydrogen-bond donors (Lipinski definition) is 1. The number of aromatic nitrogens is 3. The Kier molecular flexibility index (Phi) is 4.99. The summed E-state index contributed by atoms with van der Waals surface area (Å²) in [6.07, 6.45) is 1.65. The van der Waals surface area contributed by atoms with E-state index in [1.54, 1.807) is 23.6 Å². The number of pyridine rings is 1. The second-order valence-corrected chi connectivity index (χ2v) is 8.35. The van der Waals surface area contributed by atoms with Gasteiger partial charge in [0.1, 0.15) is 22.2 Å². The van der Waals surface area contributed by atoms with Crippen LogP contribution in [0.15, 0.2) is 24.4 Å². The van der Waals surface area contributed by atoms with E-state index < -0.39 is 0 Å². The summed E-state index contributed by atoms with van der Waals surface area (Å²) in [5.74, 6) is 1.28. The quantitative estimate of drug-likeness (QED) is 0.732. The molecule has 3 aromatic rings. The van der Waals surface area contributed by atoms with Gasteiger partial charge in [-0.25, -0.2) is 9.97 Å². The van der Waals surface area contributed by atoms with Gasteiger partial charge in [0.2, 0.25) is 0 Å². The zero-order valence-corrected chi connectivity index (χ0v) is 17.2. The fourth-order valence-corrected chi connectivity index (χ4v) is 4.66.